The Labute approximate surface area is 170 Å². The van der Waals surface area contributed by atoms with Gasteiger partial charge in [0.25, 0.3) is 5.91 Å². The Morgan fingerprint density at radius 2 is 1.93 bits per heavy atom. The predicted octanol–water partition coefficient (Wildman–Crippen LogP) is 3.58. The number of carbonyl (C=O) groups excluding carboxylic acids is 2. The van der Waals surface area contributed by atoms with E-state index in [1.54, 1.807) is 31.2 Å². The zero-order valence-corrected chi connectivity index (χ0v) is 16.1. The van der Waals surface area contributed by atoms with Crippen molar-refractivity contribution in [1.82, 2.24) is 10.3 Å². The molecule has 0 aliphatic heterocycles. The quantitative estimate of drug-likeness (QED) is 0.648. The molecular weight excluding hydrogens is 413 g/mol. The maximum absolute atomic E-state index is 12.5. The molecule has 1 heterocycles. The number of esters is 1. The highest BCUT2D eigenvalue weighted by molar-refractivity contribution is 6.32. The Balaban J connectivity index is 2.11. The fraction of sp³-hybridized carbons (Fsp3) is 0.316. The van der Waals surface area contributed by atoms with Crippen molar-refractivity contribution in [2.45, 2.75) is 25.6 Å². The highest BCUT2D eigenvalue weighted by Crippen LogP contribution is 2.25. The van der Waals surface area contributed by atoms with Gasteiger partial charge in [0.1, 0.15) is 11.1 Å². The maximum Gasteiger partial charge on any atom is 0.422 e. The Kier molecular flexibility index (Phi) is 7.83. The number of benzene rings is 1. The minimum atomic E-state index is -4.55. The van der Waals surface area contributed by atoms with Gasteiger partial charge in [0.05, 0.1) is 12.2 Å². The van der Waals surface area contributed by atoms with Gasteiger partial charge >= 0.3 is 12.1 Å². The molecule has 2 rings (SSSR count). The summed E-state index contributed by atoms with van der Waals surface area (Å²) >= 11 is 5.85. The van der Waals surface area contributed by atoms with Crippen molar-refractivity contribution in [3.05, 3.63) is 58.7 Å². The summed E-state index contributed by atoms with van der Waals surface area (Å²) in [6.07, 6.45) is -3.34. The van der Waals surface area contributed by atoms with Crippen molar-refractivity contribution >= 4 is 23.5 Å². The van der Waals surface area contributed by atoms with E-state index in [1.165, 1.54) is 0 Å². The average Bonchev–Trinajstić information content (AvgIpc) is 2.66. The number of hydrogen-bond acceptors (Lipinski definition) is 5. The zero-order chi connectivity index (χ0) is 21.4. The number of ether oxygens (including phenoxy) is 2. The fourth-order valence-electron chi connectivity index (χ4n) is 2.33. The van der Waals surface area contributed by atoms with E-state index in [-0.39, 0.29) is 23.6 Å². The molecule has 10 heteroatoms. The van der Waals surface area contributed by atoms with Crippen LogP contribution in [0.5, 0.6) is 5.88 Å². The average molecular weight is 431 g/mol. The van der Waals surface area contributed by atoms with Crippen LogP contribution in [0.3, 0.4) is 0 Å². The van der Waals surface area contributed by atoms with E-state index in [0.717, 1.165) is 17.8 Å². The molecule has 29 heavy (non-hydrogen) atoms. The van der Waals surface area contributed by atoms with Gasteiger partial charge in [0.15, 0.2) is 6.61 Å². The lowest BCUT2D eigenvalue weighted by atomic mass is 10.1. The molecule has 1 aromatic heterocycles. The Hall–Kier alpha value is -2.81. The van der Waals surface area contributed by atoms with Crippen LogP contribution >= 0.6 is 11.6 Å². The Bertz CT molecular complexity index is 847. The molecule has 0 radical (unpaired) electrons. The number of aromatic nitrogens is 1. The van der Waals surface area contributed by atoms with Gasteiger partial charge in [-0.3, -0.25) is 4.79 Å². The third-order valence-corrected chi connectivity index (χ3v) is 3.87. The summed E-state index contributed by atoms with van der Waals surface area (Å²) < 4.78 is 46.2. The number of halogens is 4. The second-order valence-electron chi connectivity index (χ2n) is 5.88. The summed E-state index contributed by atoms with van der Waals surface area (Å²) in [6.45, 7) is 0.217. The van der Waals surface area contributed by atoms with Gasteiger partial charge in [0, 0.05) is 12.6 Å². The molecule has 0 bridgehead atoms. The van der Waals surface area contributed by atoms with E-state index >= 15 is 0 Å². The summed E-state index contributed by atoms with van der Waals surface area (Å²) in [7, 11) is 0. The molecule has 0 fully saturated rings. The van der Waals surface area contributed by atoms with Gasteiger partial charge in [-0.25, -0.2) is 9.78 Å². The molecule has 1 amide bonds. The summed E-state index contributed by atoms with van der Waals surface area (Å²) in [5.41, 5.74) is 0.759. The second kappa shape index (κ2) is 10.1. The first kappa shape index (κ1) is 22.5. The van der Waals surface area contributed by atoms with E-state index in [0.29, 0.717) is 0 Å². The number of nitrogens with zero attached hydrogens (tertiary/aromatic N) is 1. The third kappa shape index (κ3) is 7.26. The number of nitrogens with one attached hydrogen (secondary N) is 1. The van der Waals surface area contributed by atoms with Crippen LogP contribution in [-0.4, -0.2) is 42.3 Å². The van der Waals surface area contributed by atoms with Crippen LogP contribution < -0.4 is 10.1 Å². The largest absolute Gasteiger partial charge is 0.467 e. The molecule has 6 nitrogen and oxygen atoms in total. The van der Waals surface area contributed by atoms with Gasteiger partial charge in [-0.1, -0.05) is 41.9 Å². The van der Waals surface area contributed by atoms with Crippen molar-refractivity contribution in [2.24, 2.45) is 0 Å². The molecule has 1 atom stereocenters. The number of rotatable bonds is 8. The number of pyridine rings is 1. The van der Waals surface area contributed by atoms with Crippen LogP contribution in [0.4, 0.5) is 13.2 Å². The molecule has 1 aromatic carbocycles. The molecule has 0 aliphatic rings. The van der Waals surface area contributed by atoms with Crippen molar-refractivity contribution in [3.8, 4) is 5.88 Å². The molecule has 0 aliphatic carbocycles. The lowest BCUT2D eigenvalue weighted by Gasteiger charge is -2.18. The zero-order valence-electron chi connectivity index (χ0n) is 15.3. The van der Waals surface area contributed by atoms with Crippen LogP contribution in [0.1, 0.15) is 22.8 Å². The first-order chi connectivity index (χ1) is 13.7. The van der Waals surface area contributed by atoms with Crippen LogP contribution in [-0.2, 0) is 16.0 Å². The molecule has 156 valence electrons. The summed E-state index contributed by atoms with van der Waals surface area (Å²) in [6, 6.07) is 9.14. The minimum absolute atomic E-state index is 0.0447. The molecule has 1 N–H and O–H groups in total. The second-order valence-corrected chi connectivity index (χ2v) is 6.29. The van der Waals surface area contributed by atoms with E-state index in [4.69, 9.17) is 16.3 Å². The van der Waals surface area contributed by atoms with Gasteiger partial charge in [0.2, 0.25) is 5.88 Å². The monoisotopic (exact) mass is 430 g/mol. The SMILES string of the molecule is CCOC(=O)C(Cc1ccccc1)NC(=O)c1cnc(OCC(F)(F)F)c(Cl)c1. The van der Waals surface area contributed by atoms with Crippen LogP contribution in [0, 0.1) is 0 Å². The number of alkyl halides is 3. The van der Waals surface area contributed by atoms with E-state index in [9.17, 15) is 22.8 Å². The van der Waals surface area contributed by atoms with Crippen molar-refractivity contribution < 1.29 is 32.2 Å². The first-order valence-corrected chi connectivity index (χ1v) is 8.94. The molecular formula is C19H18ClF3N2O4. The van der Waals surface area contributed by atoms with Gasteiger partial charge < -0.3 is 14.8 Å². The standard InChI is InChI=1S/C19H18ClF3N2O4/c1-2-28-18(27)15(8-12-6-4-3-5-7-12)25-16(26)13-9-14(20)17(24-10-13)29-11-19(21,22)23/h3-7,9-10,15H,2,8,11H2,1H3,(H,25,26). The summed E-state index contributed by atoms with van der Waals surface area (Å²) in [4.78, 5) is 28.3. The van der Waals surface area contributed by atoms with Crippen molar-refractivity contribution in [1.29, 1.82) is 0 Å². The topological polar surface area (TPSA) is 77.5 Å². The van der Waals surface area contributed by atoms with Crippen LogP contribution in [0.25, 0.3) is 0 Å². The van der Waals surface area contributed by atoms with Crippen LogP contribution in [0.15, 0.2) is 42.6 Å². The number of amides is 1. The van der Waals surface area contributed by atoms with Gasteiger partial charge in [-0.05, 0) is 18.6 Å². The molecule has 0 spiro atoms. The molecule has 0 saturated heterocycles. The predicted molar refractivity (Wildman–Crippen MR) is 98.8 cm³/mol. The fourth-order valence-corrected chi connectivity index (χ4v) is 2.55. The first-order valence-electron chi connectivity index (χ1n) is 8.56. The Morgan fingerprint density at radius 1 is 1.24 bits per heavy atom. The Morgan fingerprint density at radius 3 is 2.52 bits per heavy atom. The van der Waals surface area contributed by atoms with Crippen molar-refractivity contribution in [2.75, 3.05) is 13.2 Å². The maximum atomic E-state index is 12.5. The molecule has 0 saturated carbocycles. The molecule has 2 aromatic rings. The summed E-state index contributed by atoms with van der Waals surface area (Å²) in [5.74, 6) is -1.75. The highest BCUT2D eigenvalue weighted by Gasteiger charge is 2.29. The van der Waals surface area contributed by atoms with Gasteiger partial charge in [-0.2, -0.15) is 13.2 Å². The van der Waals surface area contributed by atoms with Gasteiger partial charge in [-0.15, -0.1) is 0 Å². The smallest absolute Gasteiger partial charge is 0.422 e. The minimum Gasteiger partial charge on any atom is -0.467 e. The molecule has 1 unspecified atom stereocenters. The lowest BCUT2D eigenvalue weighted by molar-refractivity contribution is -0.154. The van der Waals surface area contributed by atoms with Crippen molar-refractivity contribution in [3.63, 3.8) is 0 Å². The normalized spacial score (nSPS) is 12.2. The lowest BCUT2D eigenvalue weighted by Crippen LogP contribution is -2.43. The highest BCUT2D eigenvalue weighted by atomic mass is 35.5. The third-order valence-electron chi connectivity index (χ3n) is 3.60. The van der Waals surface area contributed by atoms with E-state index in [2.05, 4.69) is 15.0 Å². The van der Waals surface area contributed by atoms with Crippen LogP contribution in [0.2, 0.25) is 5.02 Å². The summed E-state index contributed by atoms with van der Waals surface area (Å²) in [5, 5.41) is 2.27. The number of hydrogen-bond donors (Lipinski definition) is 1. The van der Waals surface area contributed by atoms with E-state index in [1.807, 2.05) is 6.07 Å². The number of carbonyl (C=O) groups is 2. The van der Waals surface area contributed by atoms with E-state index < -0.39 is 36.6 Å².